The Hall–Kier alpha value is -2.24. The van der Waals surface area contributed by atoms with Crippen molar-refractivity contribution >= 4 is 5.69 Å². The van der Waals surface area contributed by atoms with Crippen molar-refractivity contribution < 1.29 is 14.6 Å². The van der Waals surface area contributed by atoms with E-state index in [0.717, 1.165) is 26.2 Å². The zero-order valence-corrected chi connectivity index (χ0v) is 15.6. The van der Waals surface area contributed by atoms with Crippen LogP contribution in [0.1, 0.15) is 5.56 Å². The monoisotopic (exact) mass is 356 g/mol. The molecule has 5 heteroatoms. The Morgan fingerprint density at radius 3 is 2.27 bits per heavy atom. The number of piperazine rings is 1. The molecule has 26 heavy (non-hydrogen) atoms. The largest absolute Gasteiger partial charge is 0.493 e. The van der Waals surface area contributed by atoms with Gasteiger partial charge in [0.25, 0.3) is 0 Å². The first kappa shape index (κ1) is 18.5. The van der Waals surface area contributed by atoms with Crippen LogP contribution in [0.2, 0.25) is 0 Å². The van der Waals surface area contributed by atoms with Gasteiger partial charge in [-0.05, 0) is 31.2 Å². The van der Waals surface area contributed by atoms with E-state index in [1.165, 1.54) is 11.3 Å². The van der Waals surface area contributed by atoms with Crippen molar-refractivity contribution in [1.82, 2.24) is 4.90 Å². The SMILES string of the molecule is COc1ccccc1OC[C@H](O)CN1CCN(c2ccc(C)cc2)CC1. The van der Waals surface area contributed by atoms with Crippen LogP contribution in [0, 0.1) is 6.92 Å². The molecule has 2 aromatic carbocycles. The summed E-state index contributed by atoms with van der Waals surface area (Å²) in [6, 6.07) is 16.2. The molecular formula is C21H28N2O3. The molecular weight excluding hydrogens is 328 g/mol. The molecule has 0 unspecified atom stereocenters. The van der Waals surface area contributed by atoms with Gasteiger partial charge in [-0.3, -0.25) is 4.90 Å². The summed E-state index contributed by atoms with van der Waals surface area (Å²) in [5.41, 5.74) is 2.56. The van der Waals surface area contributed by atoms with E-state index in [4.69, 9.17) is 9.47 Å². The number of aliphatic hydroxyl groups excluding tert-OH is 1. The van der Waals surface area contributed by atoms with Crippen LogP contribution in [-0.2, 0) is 0 Å². The topological polar surface area (TPSA) is 45.2 Å². The van der Waals surface area contributed by atoms with E-state index in [9.17, 15) is 5.11 Å². The van der Waals surface area contributed by atoms with Crippen molar-refractivity contribution in [2.75, 3.05) is 51.3 Å². The Morgan fingerprint density at radius 2 is 1.62 bits per heavy atom. The average Bonchev–Trinajstić information content (AvgIpc) is 2.68. The van der Waals surface area contributed by atoms with Crippen LogP contribution in [0.15, 0.2) is 48.5 Å². The van der Waals surface area contributed by atoms with Crippen LogP contribution < -0.4 is 14.4 Å². The standard InChI is InChI=1S/C21H28N2O3/c1-17-7-9-18(10-8-17)23-13-11-22(12-14-23)15-19(24)16-26-21-6-4-3-5-20(21)25-2/h3-10,19,24H,11-16H2,1-2H3/t19-/m1/s1. The highest BCUT2D eigenvalue weighted by molar-refractivity contribution is 5.47. The van der Waals surface area contributed by atoms with Crippen LogP contribution in [0.5, 0.6) is 11.5 Å². The van der Waals surface area contributed by atoms with Gasteiger partial charge in [-0.1, -0.05) is 29.8 Å². The van der Waals surface area contributed by atoms with E-state index < -0.39 is 6.10 Å². The molecule has 1 fully saturated rings. The van der Waals surface area contributed by atoms with E-state index >= 15 is 0 Å². The van der Waals surface area contributed by atoms with Crippen LogP contribution >= 0.6 is 0 Å². The number of hydrogen-bond donors (Lipinski definition) is 1. The lowest BCUT2D eigenvalue weighted by molar-refractivity contribution is 0.0653. The molecule has 3 rings (SSSR count). The van der Waals surface area contributed by atoms with Crippen molar-refractivity contribution in [2.45, 2.75) is 13.0 Å². The van der Waals surface area contributed by atoms with Crippen molar-refractivity contribution in [1.29, 1.82) is 0 Å². The van der Waals surface area contributed by atoms with Crippen molar-refractivity contribution in [3.63, 3.8) is 0 Å². The Labute approximate surface area is 155 Å². The molecule has 5 nitrogen and oxygen atoms in total. The normalized spacial score (nSPS) is 16.3. The highest BCUT2D eigenvalue weighted by atomic mass is 16.5. The second-order valence-corrected chi connectivity index (χ2v) is 6.74. The number of rotatable bonds is 7. The molecule has 1 aliphatic rings. The Bertz CT molecular complexity index is 682. The molecule has 0 aliphatic carbocycles. The second-order valence-electron chi connectivity index (χ2n) is 6.74. The molecule has 140 valence electrons. The first-order chi connectivity index (χ1) is 12.7. The summed E-state index contributed by atoms with van der Waals surface area (Å²) >= 11 is 0. The maximum atomic E-state index is 10.3. The molecule has 0 spiro atoms. The molecule has 1 saturated heterocycles. The first-order valence-corrected chi connectivity index (χ1v) is 9.13. The van der Waals surface area contributed by atoms with E-state index in [1.54, 1.807) is 7.11 Å². The molecule has 0 bridgehead atoms. The van der Waals surface area contributed by atoms with Crippen LogP contribution in [-0.4, -0.2) is 62.6 Å². The minimum Gasteiger partial charge on any atom is -0.493 e. The highest BCUT2D eigenvalue weighted by Gasteiger charge is 2.20. The van der Waals surface area contributed by atoms with Crippen molar-refractivity contribution in [2.24, 2.45) is 0 Å². The first-order valence-electron chi connectivity index (χ1n) is 9.13. The summed E-state index contributed by atoms with van der Waals surface area (Å²) in [6.45, 7) is 6.83. The maximum Gasteiger partial charge on any atom is 0.161 e. The average molecular weight is 356 g/mol. The Morgan fingerprint density at radius 1 is 0.962 bits per heavy atom. The fourth-order valence-electron chi connectivity index (χ4n) is 3.22. The van der Waals surface area contributed by atoms with E-state index in [0.29, 0.717) is 18.0 Å². The van der Waals surface area contributed by atoms with Crippen LogP contribution in [0.25, 0.3) is 0 Å². The van der Waals surface area contributed by atoms with Gasteiger partial charge in [0.2, 0.25) is 0 Å². The lowest BCUT2D eigenvalue weighted by atomic mass is 10.2. The van der Waals surface area contributed by atoms with Gasteiger partial charge < -0.3 is 19.5 Å². The van der Waals surface area contributed by atoms with Crippen molar-refractivity contribution in [3.8, 4) is 11.5 Å². The van der Waals surface area contributed by atoms with Gasteiger partial charge in [0.1, 0.15) is 12.7 Å². The van der Waals surface area contributed by atoms with E-state index in [1.807, 2.05) is 24.3 Å². The number of benzene rings is 2. The number of methoxy groups -OCH3 is 1. The van der Waals surface area contributed by atoms with E-state index in [2.05, 4.69) is 41.0 Å². The maximum absolute atomic E-state index is 10.3. The molecule has 1 atom stereocenters. The fraction of sp³-hybridized carbons (Fsp3) is 0.429. The number of nitrogens with zero attached hydrogens (tertiary/aromatic N) is 2. The predicted octanol–water partition coefficient (Wildman–Crippen LogP) is 2.57. The number of aryl methyl sites for hydroxylation is 1. The number of anilines is 1. The molecule has 2 aromatic rings. The Balaban J connectivity index is 1.43. The van der Waals surface area contributed by atoms with Gasteiger partial charge >= 0.3 is 0 Å². The number of hydrogen-bond acceptors (Lipinski definition) is 5. The molecule has 0 saturated carbocycles. The fourth-order valence-corrected chi connectivity index (χ4v) is 3.22. The minimum atomic E-state index is -0.522. The summed E-state index contributed by atoms with van der Waals surface area (Å²) in [6.07, 6.45) is -0.522. The van der Waals surface area contributed by atoms with Gasteiger partial charge in [0.05, 0.1) is 7.11 Å². The lowest BCUT2D eigenvalue weighted by Gasteiger charge is -2.36. The lowest BCUT2D eigenvalue weighted by Crippen LogP contribution is -2.49. The van der Waals surface area contributed by atoms with Gasteiger partial charge in [-0.15, -0.1) is 0 Å². The summed E-state index contributed by atoms with van der Waals surface area (Å²) in [5.74, 6) is 1.35. The quantitative estimate of drug-likeness (QED) is 0.826. The summed E-state index contributed by atoms with van der Waals surface area (Å²) in [5, 5.41) is 10.3. The highest BCUT2D eigenvalue weighted by Crippen LogP contribution is 2.25. The van der Waals surface area contributed by atoms with E-state index in [-0.39, 0.29) is 6.61 Å². The molecule has 0 radical (unpaired) electrons. The van der Waals surface area contributed by atoms with Gasteiger partial charge in [0.15, 0.2) is 11.5 Å². The third-order valence-corrected chi connectivity index (χ3v) is 4.74. The summed E-state index contributed by atoms with van der Waals surface area (Å²) < 4.78 is 11.0. The summed E-state index contributed by atoms with van der Waals surface area (Å²) in [7, 11) is 1.62. The molecule has 0 aromatic heterocycles. The number of β-amino-alcohol motifs (C(OH)–C–C–N with tert-alkyl or cyclic N) is 1. The zero-order chi connectivity index (χ0) is 18.4. The second kappa shape index (κ2) is 8.92. The molecule has 1 heterocycles. The third kappa shape index (κ3) is 4.90. The number of aliphatic hydroxyl groups is 1. The molecule has 1 aliphatic heterocycles. The molecule has 0 amide bonds. The minimum absolute atomic E-state index is 0.262. The predicted molar refractivity (Wildman–Crippen MR) is 104 cm³/mol. The van der Waals surface area contributed by atoms with Gasteiger partial charge in [-0.25, -0.2) is 0 Å². The summed E-state index contributed by atoms with van der Waals surface area (Å²) in [4.78, 5) is 4.69. The Kier molecular flexibility index (Phi) is 6.36. The number of para-hydroxylation sites is 2. The van der Waals surface area contributed by atoms with Crippen LogP contribution in [0.3, 0.4) is 0 Å². The molecule has 1 N–H and O–H groups in total. The van der Waals surface area contributed by atoms with Crippen LogP contribution in [0.4, 0.5) is 5.69 Å². The zero-order valence-electron chi connectivity index (χ0n) is 15.6. The van der Waals surface area contributed by atoms with Gasteiger partial charge in [-0.2, -0.15) is 0 Å². The number of ether oxygens (including phenoxy) is 2. The smallest absolute Gasteiger partial charge is 0.161 e. The third-order valence-electron chi connectivity index (χ3n) is 4.74. The van der Waals surface area contributed by atoms with Gasteiger partial charge in [0, 0.05) is 38.4 Å². The van der Waals surface area contributed by atoms with Crippen molar-refractivity contribution in [3.05, 3.63) is 54.1 Å².